The predicted octanol–water partition coefficient (Wildman–Crippen LogP) is 6.23. The first-order chi connectivity index (χ1) is 14.3. The topological polar surface area (TPSA) is 50.8 Å². The molecule has 176 valence electrons. The zero-order chi connectivity index (χ0) is 21.9. The molecule has 6 heteroatoms. The van der Waals surface area contributed by atoms with Crippen LogP contribution < -0.4 is 10.1 Å². The molecule has 0 spiro atoms. The Morgan fingerprint density at radius 2 is 1.84 bits per heavy atom. The van der Waals surface area contributed by atoms with Crippen LogP contribution in [0.5, 0.6) is 5.75 Å². The Kier molecular flexibility index (Phi) is 8.69. The van der Waals surface area contributed by atoms with E-state index in [0.29, 0.717) is 29.9 Å². The van der Waals surface area contributed by atoms with E-state index in [-0.39, 0.29) is 35.4 Å². The number of nitrogens with zero attached hydrogens (tertiary/aromatic N) is 1. The van der Waals surface area contributed by atoms with Crippen molar-refractivity contribution >= 4 is 24.2 Å². The van der Waals surface area contributed by atoms with Crippen LogP contribution in [-0.4, -0.2) is 43.3 Å². The summed E-state index contributed by atoms with van der Waals surface area (Å²) in [6, 6.07) is 7.57. The maximum absolute atomic E-state index is 13.0. The fourth-order valence-electron chi connectivity index (χ4n) is 5.89. The minimum Gasteiger partial charge on any atom is -0.491 e. The third-order valence-corrected chi connectivity index (χ3v) is 8.09. The van der Waals surface area contributed by atoms with E-state index in [0.717, 1.165) is 32.5 Å². The summed E-state index contributed by atoms with van der Waals surface area (Å²) in [6.45, 7) is 17.2. The second-order valence-electron chi connectivity index (χ2n) is 9.73. The quantitative estimate of drug-likeness (QED) is 0.482. The van der Waals surface area contributed by atoms with Crippen molar-refractivity contribution in [2.24, 2.45) is 22.7 Å². The number of nitrogens with one attached hydrogen (secondary N) is 1. The van der Waals surface area contributed by atoms with Gasteiger partial charge in [-0.05, 0) is 55.8 Å². The van der Waals surface area contributed by atoms with Crippen LogP contribution in [0.2, 0.25) is 0 Å². The smallest absolute Gasteiger partial charge is 0.412 e. The third kappa shape index (κ3) is 4.83. The number of anilines is 1. The molecular weight excluding hydrogens is 412 g/mol. The molecule has 0 heterocycles. The van der Waals surface area contributed by atoms with Gasteiger partial charge in [0, 0.05) is 17.9 Å². The van der Waals surface area contributed by atoms with E-state index >= 15 is 0 Å². The highest BCUT2D eigenvalue weighted by atomic mass is 35.5. The predicted molar refractivity (Wildman–Crippen MR) is 129 cm³/mol. The molecule has 0 aromatic heterocycles. The van der Waals surface area contributed by atoms with E-state index < -0.39 is 0 Å². The van der Waals surface area contributed by atoms with Gasteiger partial charge in [-0.15, -0.1) is 12.4 Å². The van der Waals surface area contributed by atoms with Crippen LogP contribution in [0.25, 0.3) is 0 Å². The highest BCUT2D eigenvalue weighted by Crippen LogP contribution is 2.68. The number of ether oxygens (including phenoxy) is 2. The number of amides is 1. The summed E-state index contributed by atoms with van der Waals surface area (Å²) in [5.74, 6) is 1.65. The molecule has 1 N–H and O–H groups in total. The monoisotopic (exact) mass is 452 g/mol. The first kappa shape index (κ1) is 25.8. The molecule has 2 bridgehead atoms. The van der Waals surface area contributed by atoms with E-state index in [4.69, 9.17) is 9.47 Å². The Bertz CT molecular complexity index is 737. The van der Waals surface area contributed by atoms with Gasteiger partial charge in [-0.3, -0.25) is 5.32 Å². The van der Waals surface area contributed by atoms with E-state index in [9.17, 15) is 4.79 Å². The molecule has 1 aromatic carbocycles. The zero-order valence-electron chi connectivity index (χ0n) is 20.1. The summed E-state index contributed by atoms with van der Waals surface area (Å²) < 4.78 is 12.0. The van der Waals surface area contributed by atoms with Gasteiger partial charge in [0.05, 0.1) is 12.3 Å². The average Bonchev–Trinajstić information content (AvgIpc) is 3.04. The SMILES string of the molecule is CCCOc1ccccc1NC(=O)OC1C(CN(CC)CC)C2CCC1(C)C2(C)C.Cl. The number of carbonyl (C=O) groups is 1. The lowest BCUT2D eigenvalue weighted by Crippen LogP contribution is -2.45. The standard InChI is InChI=1S/C25H40N2O3.ClH/c1-7-16-29-21-13-11-10-12-20(21)26-23(28)30-22-18(17-27(8-2)9-3)19-14-15-25(22,6)24(19,4)5;/h10-13,18-19,22H,7-9,14-17H2,1-6H3,(H,26,28);1H. The molecule has 31 heavy (non-hydrogen) atoms. The molecule has 4 unspecified atom stereocenters. The van der Waals surface area contributed by atoms with Crippen LogP contribution in [0.1, 0.15) is 60.8 Å². The molecule has 2 saturated carbocycles. The van der Waals surface area contributed by atoms with Gasteiger partial charge >= 0.3 is 6.09 Å². The third-order valence-electron chi connectivity index (χ3n) is 8.09. The van der Waals surface area contributed by atoms with Gasteiger partial charge in [0.15, 0.2) is 0 Å². The Balaban J connectivity index is 0.00000341. The first-order valence-corrected chi connectivity index (χ1v) is 11.7. The highest BCUT2D eigenvalue weighted by Gasteiger charge is 2.67. The summed E-state index contributed by atoms with van der Waals surface area (Å²) in [4.78, 5) is 15.5. The van der Waals surface area contributed by atoms with Crippen molar-refractivity contribution in [3.8, 4) is 5.75 Å². The Hall–Kier alpha value is -1.46. The maximum atomic E-state index is 13.0. The summed E-state index contributed by atoms with van der Waals surface area (Å²) >= 11 is 0. The Morgan fingerprint density at radius 1 is 1.16 bits per heavy atom. The first-order valence-electron chi connectivity index (χ1n) is 11.7. The highest BCUT2D eigenvalue weighted by molar-refractivity contribution is 5.87. The van der Waals surface area contributed by atoms with Gasteiger partial charge in [-0.1, -0.05) is 53.7 Å². The number of para-hydroxylation sites is 2. The molecule has 5 nitrogen and oxygen atoms in total. The van der Waals surface area contributed by atoms with Crippen molar-refractivity contribution < 1.29 is 14.3 Å². The number of halogens is 1. The van der Waals surface area contributed by atoms with Gasteiger partial charge in [-0.25, -0.2) is 4.79 Å². The normalized spacial score (nSPS) is 28.3. The molecule has 2 fully saturated rings. The number of benzene rings is 1. The van der Waals surface area contributed by atoms with Crippen molar-refractivity contribution in [2.75, 3.05) is 31.6 Å². The number of rotatable bonds is 9. The van der Waals surface area contributed by atoms with Crippen molar-refractivity contribution in [1.29, 1.82) is 0 Å². The molecule has 2 aliphatic rings. The van der Waals surface area contributed by atoms with Gasteiger partial charge in [0.2, 0.25) is 0 Å². The van der Waals surface area contributed by atoms with Crippen LogP contribution in [0.4, 0.5) is 10.5 Å². The van der Waals surface area contributed by atoms with E-state index in [2.05, 4.69) is 51.8 Å². The molecule has 4 atom stereocenters. The zero-order valence-corrected chi connectivity index (χ0v) is 20.9. The van der Waals surface area contributed by atoms with Crippen LogP contribution in [0.3, 0.4) is 0 Å². The maximum Gasteiger partial charge on any atom is 0.412 e. The number of fused-ring (bicyclic) bond motifs is 2. The van der Waals surface area contributed by atoms with Gasteiger partial charge < -0.3 is 14.4 Å². The summed E-state index contributed by atoms with van der Waals surface area (Å²) in [5.41, 5.74) is 0.840. The molecule has 2 aliphatic carbocycles. The molecule has 0 saturated heterocycles. The molecule has 0 aliphatic heterocycles. The Labute approximate surface area is 194 Å². The molecule has 1 amide bonds. The van der Waals surface area contributed by atoms with E-state index in [1.807, 2.05) is 24.3 Å². The van der Waals surface area contributed by atoms with E-state index in [1.54, 1.807) is 0 Å². The summed E-state index contributed by atoms with van der Waals surface area (Å²) in [7, 11) is 0. The summed E-state index contributed by atoms with van der Waals surface area (Å²) in [6.07, 6.45) is 2.82. The number of hydrogen-bond donors (Lipinski definition) is 1. The summed E-state index contributed by atoms with van der Waals surface area (Å²) in [5, 5.41) is 2.95. The van der Waals surface area contributed by atoms with Gasteiger partial charge in [-0.2, -0.15) is 0 Å². The number of carbonyl (C=O) groups excluding carboxylic acids is 1. The van der Waals surface area contributed by atoms with Crippen LogP contribution in [-0.2, 0) is 4.74 Å². The van der Waals surface area contributed by atoms with Crippen LogP contribution >= 0.6 is 12.4 Å². The van der Waals surface area contributed by atoms with Crippen LogP contribution in [0.15, 0.2) is 24.3 Å². The average molecular weight is 453 g/mol. The molecule has 0 radical (unpaired) electrons. The Morgan fingerprint density at radius 3 is 2.48 bits per heavy atom. The second-order valence-corrected chi connectivity index (χ2v) is 9.73. The van der Waals surface area contributed by atoms with Gasteiger partial charge in [0.1, 0.15) is 11.9 Å². The lowest BCUT2D eigenvalue weighted by atomic mass is 9.70. The molecular formula is C25H41ClN2O3. The second kappa shape index (κ2) is 10.4. The van der Waals surface area contributed by atoms with Crippen molar-refractivity contribution in [1.82, 2.24) is 4.90 Å². The van der Waals surface area contributed by atoms with Crippen molar-refractivity contribution in [3.63, 3.8) is 0 Å². The fraction of sp³-hybridized carbons (Fsp3) is 0.720. The minimum atomic E-state index is -0.373. The number of hydrogen-bond acceptors (Lipinski definition) is 4. The minimum absolute atomic E-state index is 0. The fourth-order valence-corrected chi connectivity index (χ4v) is 5.89. The molecule has 1 aromatic rings. The molecule has 3 rings (SSSR count). The van der Waals surface area contributed by atoms with Crippen molar-refractivity contribution in [3.05, 3.63) is 24.3 Å². The van der Waals surface area contributed by atoms with Gasteiger partial charge in [0.25, 0.3) is 0 Å². The van der Waals surface area contributed by atoms with E-state index in [1.165, 1.54) is 6.42 Å². The lowest BCUT2D eigenvalue weighted by Gasteiger charge is -2.40. The largest absolute Gasteiger partial charge is 0.491 e. The van der Waals surface area contributed by atoms with Crippen molar-refractivity contribution in [2.45, 2.75) is 66.9 Å². The van der Waals surface area contributed by atoms with Crippen LogP contribution in [0, 0.1) is 22.7 Å². The lowest BCUT2D eigenvalue weighted by molar-refractivity contribution is -0.0258.